The van der Waals surface area contributed by atoms with Gasteiger partial charge < -0.3 is 14.2 Å². The van der Waals surface area contributed by atoms with Gasteiger partial charge in [-0.3, -0.25) is 4.79 Å². The Bertz CT molecular complexity index is 1270. The molecule has 3 heterocycles. The van der Waals surface area contributed by atoms with Crippen molar-refractivity contribution in [3.05, 3.63) is 71.9 Å². The standard InChI is InChI=1S/C24H21FN4O3/c1-2-19-21(25)23(27-14-26-19)31-17-10-11-29(13-17)24(30)16-8-9-20-18(12-16)22(32-28-20)15-6-4-3-5-7-15/h3-9,12,14,17H,2,10-11,13H2,1H3. The summed E-state index contributed by atoms with van der Waals surface area (Å²) in [5.41, 5.74) is 2.44. The Morgan fingerprint density at radius 1 is 1.22 bits per heavy atom. The largest absolute Gasteiger partial charge is 0.470 e. The Hall–Kier alpha value is -3.81. The number of carbonyl (C=O) groups excluding carboxylic acids is 1. The van der Waals surface area contributed by atoms with E-state index in [1.807, 2.05) is 43.3 Å². The van der Waals surface area contributed by atoms with Crippen molar-refractivity contribution in [1.29, 1.82) is 0 Å². The van der Waals surface area contributed by atoms with Crippen molar-refractivity contribution in [3.63, 3.8) is 0 Å². The lowest BCUT2D eigenvalue weighted by Gasteiger charge is -2.17. The first-order valence-corrected chi connectivity index (χ1v) is 10.5. The van der Waals surface area contributed by atoms with Gasteiger partial charge in [0.2, 0.25) is 5.82 Å². The van der Waals surface area contributed by atoms with Crippen LogP contribution < -0.4 is 4.74 Å². The van der Waals surface area contributed by atoms with E-state index in [9.17, 15) is 9.18 Å². The van der Waals surface area contributed by atoms with Crippen LogP contribution in [0, 0.1) is 5.82 Å². The molecule has 1 fully saturated rings. The quantitative estimate of drug-likeness (QED) is 0.468. The highest BCUT2D eigenvalue weighted by Gasteiger charge is 2.30. The van der Waals surface area contributed by atoms with Crippen LogP contribution >= 0.6 is 0 Å². The predicted molar refractivity (Wildman–Crippen MR) is 116 cm³/mol. The van der Waals surface area contributed by atoms with Crippen molar-refractivity contribution in [2.75, 3.05) is 13.1 Å². The second-order valence-electron chi connectivity index (χ2n) is 7.68. The van der Waals surface area contributed by atoms with Crippen LogP contribution in [-0.2, 0) is 6.42 Å². The third-order valence-corrected chi connectivity index (χ3v) is 5.63. The predicted octanol–water partition coefficient (Wildman–Crippen LogP) is 4.28. The van der Waals surface area contributed by atoms with Gasteiger partial charge in [-0.05, 0) is 24.6 Å². The number of ether oxygens (including phenoxy) is 1. The molecule has 1 amide bonds. The minimum atomic E-state index is -0.536. The van der Waals surface area contributed by atoms with Gasteiger partial charge in [0.05, 0.1) is 17.6 Å². The molecule has 1 saturated heterocycles. The first-order chi connectivity index (χ1) is 15.6. The fourth-order valence-electron chi connectivity index (χ4n) is 3.94. The molecule has 1 unspecified atom stereocenters. The van der Waals surface area contributed by atoms with Gasteiger partial charge in [-0.25, -0.2) is 4.98 Å². The zero-order valence-corrected chi connectivity index (χ0v) is 17.5. The van der Waals surface area contributed by atoms with Crippen molar-refractivity contribution in [2.45, 2.75) is 25.9 Å². The Balaban J connectivity index is 1.34. The van der Waals surface area contributed by atoms with E-state index in [0.29, 0.717) is 48.5 Å². The number of hydrogen-bond donors (Lipinski definition) is 0. The van der Waals surface area contributed by atoms with Gasteiger partial charge in [-0.2, -0.15) is 9.37 Å². The summed E-state index contributed by atoms with van der Waals surface area (Å²) in [5, 5.41) is 4.89. The smallest absolute Gasteiger partial charge is 0.254 e. The van der Waals surface area contributed by atoms with Crippen LogP contribution in [0.1, 0.15) is 29.4 Å². The third kappa shape index (κ3) is 3.68. The molecule has 1 atom stereocenters. The van der Waals surface area contributed by atoms with E-state index >= 15 is 0 Å². The minimum Gasteiger partial charge on any atom is -0.470 e. The molecule has 2 aromatic carbocycles. The van der Waals surface area contributed by atoms with E-state index in [0.717, 1.165) is 10.9 Å². The summed E-state index contributed by atoms with van der Waals surface area (Å²) in [5.74, 6) is -0.0832. The van der Waals surface area contributed by atoms with E-state index in [1.165, 1.54) is 6.33 Å². The molecule has 0 spiro atoms. The van der Waals surface area contributed by atoms with Crippen molar-refractivity contribution < 1.29 is 18.4 Å². The van der Waals surface area contributed by atoms with E-state index in [2.05, 4.69) is 15.1 Å². The fourth-order valence-corrected chi connectivity index (χ4v) is 3.94. The molecule has 32 heavy (non-hydrogen) atoms. The second-order valence-corrected chi connectivity index (χ2v) is 7.68. The molecular formula is C24H21FN4O3. The number of halogens is 1. The fraction of sp³-hybridized carbons (Fsp3) is 0.250. The van der Waals surface area contributed by atoms with Gasteiger partial charge in [0.15, 0.2) is 5.76 Å². The average molecular weight is 432 g/mol. The van der Waals surface area contributed by atoms with Crippen molar-refractivity contribution in [1.82, 2.24) is 20.0 Å². The molecule has 1 aliphatic heterocycles. The lowest BCUT2D eigenvalue weighted by molar-refractivity contribution is 0.0770. The molecule has 0 radical (unpaired) electrons. The summed E-state index contributed by atoms with van der Waals surface area (Å²) in [6.07, 6.45) is 2.03. The topological polar surface area (TPSA) is 81.4 Å². The molecule has 0 saturated carbocycles. The van der Waals surface area contributed by atoms with Gasteiger partial charge in [-0.1, -0.05) is 42.4 Å². The van der Waals surface area contributed by atoms with Gasteiger partial charge in [0, 0.05) is 24.1 Å². The molecule has 2 aromatic heterocycles. The zero-order chi connectivity index (χ0) is 22.1. The second kappa shape index (κ2) is 8.37. The Labute approximate surface area is 183 Å². The summed E-state index contributed by atoms with van der Waals surface area (Å²) in [6, 6.07) is 15.0. The van der Waals surface area contributed by atoms with Crippen LogP contribution in [0.2, 0.25) is 0 Å². The zero-order valence-electron chi connectivity index (χ0n) is 17.5. The van der Waals surface area contributed by atoms with Crippen LogP contribution in [0.3, 0.4) is 0 Å². The van der Waals surface area contributed by atoms with Gasteiger partial charge >= 0.3 is 0 Å². The highest BCUT2D eigenvalue weighted by atomic mass is 19.1. The molecule has 162 valence electrons. The number of hydrogen-bond acceptors (Lipinski definition) is 6. The van der Waals surface area contributed by atoms with Crippen molar-refractivity contribution in [3.8, 4) is 17.2 Å². The molecule has 1 aliphatic rings. The van der Waals surface area contributed by atoms with Gasteiger partial charge in [0.25, 0.3) is 11.8 Å². The number of likely N-dealkylation sites (tertiary alicyclic amines) is 1. The minimum absolute atomic E-state index is 0.0606. The number of fused-ring (bicyclic) bond motifs is 1. The van der Waals surface area contributed by atoms with Crippen LogP contribution in [0.15, 0.2) is 59.4 Å². The molecule has 0 aliphatic carbocycles. The highest BCUT2D eigenvalue weighted by Crippen LogP contribution is 2.30. The number of aryl methyl sites for hydroxylation is 1. The lowest BCUT2D eigenvalue weighted by Crippen LogP contribution is -2.31. The first kappa shape index (κ1) is 20.1. The number of benzene rings is 2. The molecule has 0 bridgehead atoms. The molecule has 8 heteroatoms. The van der Waals surface area contributed by atoms with E-state index in [-0.39, 0.29) is 17.9 Å². The maximum Gasteiger partial charge on any atom is 0.254 e. The summed E-state index contributed by atoms with van der Waals surface area (Å²) in [6.45, 7) is 2.70. The Kier molecular flexibility index (Phi) is 5.26. The number of carbonyl (C=O) groups is 1. The molecular weight excluding hydrogens is 411 g/mol. The summed E-state index contributed by atoms with van der Waals surface area (Å²) in [7, 11) is 0. The molecule has 7 nitrogen and oxygen atoms in total. The van der Waals surface area contributed by atoms with Gasteiger partial charge in [0.1, 0.15) is 17.9 Å². The normalized spacial score (nSPS) is 15.9. The van der Waals surface area contributed by atoms with Crippen molar-refractivity contribution in [2.24, 2.45) is 0 Å². The first-order valence-electron chi connectivity index (χ1n) is 10.5. The molecule has 5 rings (SSSR count). The maximum atomic E-state index is 14.4. The number of aromatic nitrogens is 3. The Morgan fingerprint density at radius 2 is 2.06 bits per heavy atom. The summed E-state index contributed by atoms with van der Waals surface area (Å²) < 4.78 is 25.7. The van der Waals surface area contributed by atoms with Gasteiger partial charge in [-0.15, -0.1) is 0 Å². The number of amides is 1. The average Bonchev–Trinajstić information content (AvgIpc) is 3.47. The van der Waals surface area contributed by atoms with Crippen molar-refractivity contribution >= 4 is 16.8 Å². The lowest BCUT2D eigenvalue weighted by atomic mass is 10.1. The molecule has 4 aromatic rings. The number of rotatable bonds is 5. The monoisotopic (exact) mass is 432 g/mol. The van der Waals surface area contributed by atoms with Crippen LogP contribution in [0.25, 0.3) is 22.2 Å². The van der Waals surface area contributed by atoms with E-state index in [4.69, 9.17) is 9.26 Å². The third-order valence-electron chi connectivity index (χ3n) is 5.63. The molecule has 0 N–H and O–H groups in total. The summed E-state index contributed by atoms with van der Waals surface area (Å²) in [4.78, 5) is 22.7. The summed E-state index contributed by atoms with van der Waals surface area (Å²) >= 11 is 0. The maximum absolute atomic E-state index is 14.4. The van der Waals surface area contributed by atoms with Crippen LogP contribution in [0.5, 0.6) is 5.88 Å². The SMILES string of the molecule is CCc1ncnc(OC2CCN(C(=O)c3ccc4noc(-c5ccccc5)c4c3)C2)c1F. The Morgan fingerprint density at radius 3 is 2.88 bits per heavy atom. The van der Waals surface area contributed by atoms with Crippen LogP contribution in [0.4, 0.5) is 4.39 Å². The van der Waals surface area contributed by atoms with E-state index in [1.54, 1.807) is 17.0 Å². The highest BCUT2D eigenvalue weighted by molar-refractivity contribution is 6.01. The number of nitrogens with zero attached hydrogens (tertiary/aromatic N) is 4. The van der Waals surface area contributed by atoms with E-state index < -0.39 is 5.82 Å². The van der Waals surface area contributed by atoms with Crippen LogP contribution in [-0.4, -0.2) is 45.1 Å².